The lowest BCUT2D eigenvalue weighted by Gasteiger charge is -2.37. The van der Waals surface area contributed by atoms with Crippen LogP contribution in [-0.4, -0.2) is 36.4 Å². The number of halogens is 1. The monoisotopic (exact) mass is 383 g/mol. The highest BCUT2D eigenvalue weighted by atomic mass is 19.1. The van der Waals surface area contributed by atoms with Crippen molar-refractivity contribution < 1.29 is 9.18 Å². The van der Waals surface area contributed by atoms with E-state index in [1.165, 1.54) is 12.1 Å². The molecule has 1 aromatic heterocycles. The number of nitrogens with zero attached hydrogens (tertiary/aromatic N) is 2. The number of hydrogen-bond acceptors (Lipinski definition) is 3. The van der Waals surface area contributed by atoms with Gasteiger partial charge in [-0.05, 0) is 81.4 Å². The lowest BCUT2D eigenvalue weighted by Crippen LogP contribution is -2.35. The van der Waals surface area contributed by atoms with E-state index in [4.69, 9.17) is 0 Å². The zero-order valence-electron chi connectivity index (χ0n) is 16.8. The summed E-state index contributed by atoms with van der Waals surface area (Å²) in [7, 11) is 4.25. The molecule has 3 rings (SSSR count). The molecule has 1 aliphatic carbocycles. The average Bonchev–Trinajstić information content (AvgIpc) is 2.70. The van der Waals surface area contributed by atoms with Crippen LogP contribution in [0.3, 0.4) is 0 Å². The normalized spacial score (nSPS) is 20.7. The van der Waals surface area contributed by atoms with Crippen molar-refractivity contribution in [1.29, 1.82) is 0 Å². The molecule has 0 saturated heterocycles. The molecule has 0 bridgehead atoms. The van der Waals surface area contributed by atoms with Gasteiger partial charge in [0.15, 0.2) is 0 Å². The van der Waals surface area contributed by atoms with Gasteiger partial charge in [0.2, 0.25) is 5.91 Å². The summed E-state index contributed by atoms with van der Waals surface area (Å²) in [5.74, 6) is 0.854. The number of carbonyl (C=O) groups is 1. The first-order valence-electron chi connectivity index (χ1n) is 10.1. The van der Waals surface area contributed by atoms with E-state index in [1.807, 2.05) is 12.3 Å². The summed E-state index contributed by atoms with van der Waals surface area (Å²) in [5.41, 5.74) is 1.98. The third-order valence-electron chi connectivity index (χ3n) is 5.75. The van der Waals surface area contributed by atoms with Gasteiger partial charge < -0.3 is 10.2 Å². The molecule has 28 heavy (non-hydrogen) atoms. The van der Waals surface area contributed by atoms with E-state index >= 15 is 0 Å². The Balaban J connectivity index is 1.45. The SMILES string of the molecule is CN(C)[C@H](c1ccccn1)C1CCC(CNC(=O)Cc2ccc(F)cc2)CC1. The maximum atomic E-state index is 13.0. The van der Waals surface area contributed by atoms with Gasteiger partial charge in [0, 0.05) is 12.7 Å². The van der Waals surface area contributed by atoms with Gasteiger partial charge in [0.05, 0.1) is 18.2 Å². The molecule has 1 saturated carbocycles. The molecule has 2 aromatic rings. The average molecular weight is 384 g/mol. The van der Waals surface area contributed by atoms with Crippen molar-refractivity contribution in [2.45, 2.75) is 38.1 Å². The first-order valence-corrected chi connectivity index (χ1v) is 10.1. The van der Waals surface area contributed by atoms with Gasteiger partial charge >= 0.3 is 0 Å². The summed E-state index contributed by atoms with van der Waals surface area (Å²) < 4.78 is 13.0. The van der Waals surface area contributed by atoms with Crippen LogP contribution in [0.2, 0.25) is 0 Å². The first kappa shape index (κ1) is 20.5. The summed E-state index contributed by atoms with van der Waals surface area (Å²) in [6.07, 6.45) is 6.72. The molecule has 1 aliphatic rings. The fourth-order valence-electron chi connectivity index (χ4n) is 4.30. The van der Waals surface area contributed by atoms with Gasteiger partial charge in [0.25, 0.3) is 0 Å². The van der Waals surface area contributed by atoms with Gasteiger partial charge in [-0.25, -0.2) is 4.39 Å². The fourth-order valence-corrected chi connectivity index (χ4v) is 4.30. The minimum atomic E-state index is -0.275. The quantitative estimate of drug-likeness (QED) is 0.786. The molecule has 0 aliphatic heterocycles. The zero-order chi connectivity index (χ0) is 19.9. The van der Waals surface area contributed by atoms with Gasteiger partial charge in [-0.1, -0.05) is 18.2 Å². The van der Waals surface area contributed by atoms with Gasteiger partial charge in [-0.2, -0.15) is 0 Å². The summed E-state index contributed by atoms with van der Waals surface area (Å²) in [4.78, 5) is 19.0. The maximum absolute atomic E-state index is 13.0. The molecule has 0 spiro atoms. The minimum absolute atomic E-state index is 0.00776. The Bertz CT molecular complexity index is 740. The molecule has 4 nitrogen and oxygen atoms in total. The molecule has 1 amide bonds. The Hall–Kier alpha value is -2.27. The maximum Gasteiger partial charge on any atom is 0.224 e. The van der Waals surface area contributed by atoms with Crippen LogP contribution in [0.15, 0.2) is 48.7 Å². The number of amides is 1. The Morgan fingerprint density at radius 2 is 1.86 bits per heavy atom. The summed E-state index contributed by atoms with van der Waals surface area (Å²) >= 11 is 0. The highest BCUT2D eigenvalue weighted by Gasteiger charge is 2.30. The van der Waals surface area contributed by atoms with Gasteiger partial charge in [-0.3, -0.25) is 9.78 Å². The lowest BCUT2D eigenvalue weighted by molar-refractivity contribution is -0.120. The zero-order valence-corrected chi connectivity index (χ0v) is 16.8. The standard InChI is InChI=1S/C23H30FN3O/c1-27(2)23(21-5-3-4-14-25-21)19-10-6-18(7-11-19)16-26-22(28)15-17-8-12-20(24)13-9-17/h3-5,8-9,12-14,18-19,23H,6-7,10-11,15-16H2,1-2H3,(H,26,28)/t18?,19?,23-/m0/s1. The largest absolute Gasteiger partial charge is 0.356 e. The Morgan fingerprint density at radius 1 is 1.14 bits per heavy atom. The number of nitrogens with one attached hydrogen (secondary N) is 1. The molecule has 1 fully saturated rings. The van der Waals surface area contributed by atoms with E-state index in [-0.39, 0.29) is 11.7 Å². The second-order valence-electron chi connectivity index (χ2n) is 8.05. The molecule has 0 radical (unpaired) electrons. The van der Waals surface area contributed by atoms with E-state index in [0.29, 0.717) is 24.3 Å². The first-order chi connectivity index (χ1) is 13.5. The van der Waals surface area contributed by atoms with Crippen LogP contribution in [0.4, 0.5) is 4.39 Å². The number of rotatable bonds is 7. The second kappa shape index (κ2) is 9.78. The fraction of sp³-hybridized carbons (Fsp3) is 0.478. The van der Waals surface area contributed by atoms with Crippen molar-refractivity contribution in [2.24, 2.45) is 11.8 Å². The predicted octanol–water partition coefficient (Wildman–Crippen LogP) is 3.99. The third kappa shape index (κ3) is 5.61. The van der Waals surface area contributed by atoms with E-state index in [0.717, 1.165) is 43.5 Å². The van der Waals surface area contributed by atoms with Crippen molar-refractivity contribution in [3.05, 3.63) is 65.7 Å². The second-order valence-corrected chi connectivity index (χ2v) is 8.05. The topological polar surface area (TPSA) is 45.2 Å². The van der Waals surface area contributed by atoms with Crippen LogP contribution >= 0.6 is 0 Å². The van der Waals surface area contributed by atoms with Crippen LogP contribution < -0.4 is 5.32 Å². The van der Waals surface area contributed by atoms with Crippen molar-refractivity contribution in [3.8, 4) is 0 Å². The number of carbonyl (C=O) groups excluding carboxylic acids is 1. The van der Waals surface area contributed by atoms with Crippen molar-refractivity contribution in [2.75, 3.05) is 20.6 Å². The molecule has 0 unspecified atom stereocenters. The Kier molecular flexibility index (Phi) is 7.15. The summed E-state index contributed by atoms with van der Waals surface area (Å²) in [5, 5.41) is 3.06. The highest BCUT2D eigenvalue weighted by molar-refractivity contribution is 5.78. The van der Waals surface area contributed by atoms with E-state index < -0.39 is 0 Å². The van der Waals surface area contributed by atoms with E-state index in [2.05, 4.69) is 41.4 Å². The van der Waals surface area contributed by atoms with Crippen molar-refractivity contribution in [1.82, 2.24) is 15.2 Å². The summed E-state index contributed by atoms with van der Waals surface area (Å²) in [6.45, 7) is 0.725. The van der Waals surface area contributed by atoms with E-state index in [9.17, 15) is 9.18 Å². The van der Waals surface area contributed by atoms with Gasteiger partial charge in [-0.15, -0.1) is 0 Å². The van der Waals surface area contributed by atoms with Crippen LogP contribution in [0.5, 0.6) is 0 Å². The number of benzene rings is 1. The van der Waals surface area contributed by atoms with Crippen LogP contribution in [0.25, 0.3) is 0 Å². The molecular formula is C23H30FN3O. The molecule has 5 heteroatoms. The predicted molar refractivity (Wildman–Crippen MR) is 109 cm³/mol. The minimum Gasteiger partial charge on any atom is -0.356 e. The smallest absolute Gasteiger partial charge is 0.224 e. The van der Waals surface area contributed by atoms with Crippen molar-refractivity contribution in [3.63, 3.8) is 0 Å². The number of hydrogen-bond donors (Lipinski definition) is 1. The van der Waals surface area contributed by atoms with Gasteiger partial charge in [0.1, 0.15) is 5.82 Å². The van der Waals surface area contributed by atoms with Crippen LogP contribution in [0, 0.1) is 17.7 Å². The Morgan fingerprint density at radius 3 is 2.46 bits per heavy atom. The molecule has 1 atom stereocenters. The van der Waals surface area contributed by atoms with Crippen molar-refractivity contribution >= 4 is 5.91 Å². The molecule has 1 N–H and O–H groups in total. The Labute approximate surface area is 167 Å². The lowest BCUT2D eigenvalue weighted by atomic mass is 9.77. The number of aromatic nitrogens is 1. The summed E-state index contributed by atoms with van der Waals surface area (Å²) in [6, 6.07) is 12.6. The number of pyridine rings is 1. The molecule has 150 valence electrons. The molecule has 1 heterocycles. The van der Waals surface area contributed by atoms with Crippen LogP contribution in [0.1, 0.15) is 43.0 Å². The molecular weight excluding hydrogens is 353 g/mol. The van der Waals surface area contributed by atoms with Crippen LogP contribution in [-0.2, 0) is 11.2 Å². The highest BCUT2D eigenvalue weighted by Crippen LogP contribution is 2.38. The van der Waals surface area contributed by atoms with E-state index in [1.54, 1.807) is 12.1 Å². The molecule has 1 aromatic carbocycles. The third-order valence-corrected chi connectivity index (χ3v) is 5.75.